The summed E-state index contributed by atoms with van der Waals surface area (Å²) in [6.45, 7) is 2.02. The molecular weight excluding hydrogens is 284 g/mol. The number of anilines is 1. The topological polar surface area (TPSA) is 52.6 Å². The summed E-state index contributed by atoms with van der Waals surface area (Å²) < 4.78 is 0.877. The first-order valence-corrected chi connectivity index (χ1v) is 6.41. The van der Waals surface area contributed by atoms with E-state index in [2.05, 4.69) is 21.2 Å². The van der Waals surface area contributed by atoms with Crippen LogP contribution in [-0.2, 0) is 11.4 Å². The van der Waals surface area contributed by atoms with E-state index in [1.165, 1.54) is 0 Å². The van der Waals surface area contributed by atoms with Crippen LogP contribution in [0.15, 0.2) is 22.7 Å². The highest BCUT2D eigenvalue weighted by Gasteiger charge is 2.15. The van der Waals surface area contributed by atoms with E-state index < -0.39 is 0 Å². The minimum atomic E-state index is 0.0152. The number of carbonyl (C=O) groups excluding carboxylic acids is 1. The van der Waals surface area contributed by atoms with Gasteiger partial charge in [-0.2, -0.15) is 0 Å². The SMILES string of the molecule is O=C1CN(c2ccc(CO)c(Br)c2)CCCN1. The van der Waals surface area contributed by atoms with Gasteiger partial charge in [-0.05, 0) is 24.1 Å². The third-order valence-electron chi connectivity index (χ3n) is 2.83. The zero-order valence-electron chi connectivity index (χ0n) is 9.45. The van der Waals surface area contributed by atoms with E-state index in [0.29, 0.717) is 6.54 Å². The number of halogens is 1. The number of nitrogens with zero attached hydrogens (tertiary/aromatic N) is 1. The first-order valence-electron chi connectivity index (χ1n) is 5.61. The van der Waals surface area contributed by atoms with E-state index in [1.54, 1.807) is 0 Å². The van der Waals surface area contributed by atoms with Gasteiger partial charge in [0.25, 0.3) is 0 Å². The second kappa shape index (κ2) is 5.51. The van der Waals surface area contributed by atoms with Gasteiger partial charge >= 0.3 is 0 Å². The van der Waals surface area contributed by atoms with E-state index in [-0.39, 0.29) is 12.5 Å². The lowest BCUT2D eigenvalue weighted by Crippen LogP contribution is -2.33. The van der Waals surface area contributed by atoms with Crippen LogP contribution in [0.1, 0.15) is 12.0 Å². The molecule has 1 aromatic rings. The van der Waals surface area contributed by atoms with Crippen molar-refractivity contribution in [1.29, 1.82) is 0 Å². The summed E-state index contributed by atoms with van der Waals surface area (Å²) >= 11 is 3.42. The molecule has 0 aliphatic carbocycles. The van der Waals surface area contributed by atoms with Crippen LogP contribution in [0.25, 0.3) is 0 Å². The van der Waals surface area contributed by atoms with Gasteiger partial charge < -0.3 is 15.3 Å². The Morgan fingerprint density at radius 1 is 1.47 bits per heavy atom. The highest BCUT2D eigenvalue weighted by atomic mass is 79.9. The summed E-state index contributed by atoms with van der Waals surface area (Å²) in [5.74, 6) is 0.0601. The maximum absolute atomic E-state index is 11.5. The molecule has 1 aliphatic rings. The fourth-order valence-electron chi connectivity index (χ4n) is 1.89. The Bertz CT molecular complexity index is 423. The molecule has 1 aromatic carbocycles. The standard InChI is InChI=1S/C12H15BrN2O2/c13-11-6-10(3-2-9(11)8-16)15-5-1-4-14-12(17)7-15/h2-3,6,16H,1,4-5,7-8H2,(H,14,17). The van der Waals surface area contributed by atoms with Crippen molar-refractivity contribution in [3.05, 3.63) is 28.2 Å². The lowest BCUT2D eigenvalue weighted by Gasteiger charge is -2.22. The number of rotatable bonds is 2. The minimum absolute atomic E-state index is 0.0152. The monoisotopic (exact) mass is 298 g/mol. The molecule has 1 saturated heterocycles. The third kappa shape index (κ3) is 2.98. The maximum atomic E-state index is 11.5. The molecule has 1 aliphatic heterocycles. The quantitative estimate of drug-likeness (QED) is 0.864. The van der Waals surface area contributed by atoms with Crippen molar-refractivity contribution in [2.75, 3.05) is 24.5 Å². The molecule has 1 heterocycles. The molecule has 0 spiro atoms. The van der Waals surface area contributed by atoms with Crippen molar-refractivity contribution < 1.29 is 9.90 Å². The highest BCUT2D eigenvalue weighted by molar-refractivity contribution is 9.10. The second-order valence-corrected chi connectivity index (χ2v) is 4.91. The lowest BCUT2D eigenvalue weighted by molar-refractivity contribution is -0.119. The maximum Gasteiger partial charge on any atom is 0.239 e. The zero-order chi connectivity index (χ0) is 12.3. The lowest BCUT2D eigenvalue weighted by atomic mass is 10.2. The fourth-order valence-corrected chi connectivity index (χ4v) is 2.38. The van der Waals surface area contributed by atoms with Gasteiger partial charge in [0.15, 0.2) is 0 Å². The van der Waals surface area contributed by atoms with Gasteiger partial charge in [0.1, 0.15) is 0 Å². The van der Waals surface area contributed by atoms with Crippen LogP contribution in [0.2, 0.25) is 0 Å². The number of amides is 1. The van der Waals surface area contributed by atoms with Crippen LogP contribution in [-0.4, -0.2) is 30.6 Å². The molecule has 0 radical (unpaired) electrons. The van der Waals surface area contributed by atoms with Gasteiger partial charge in [0, 0.05) is 23.2 Å². The predicted molar refractivity (Wildman–Crippen MR) is 69.9 cm³/mol. The molecule has 0 unspecified atom stereocenters. The Hall–Kier alpha value is -1.07. The number of carbonyl (C=O) groups is 1. The van der Waals surface area contributed by atoms with Gasteiger partial charge in [-0.3, -0.25) is 4.79 Å². The molecule has 5 heteroatoms. The summed E-state index contributed by atoms with van der Waals surface area (Å²) in [4.78, 5) is 13.5. The van der Waals surface area contributed by atoms with Crippen molar-refractivity contribution in [2.45, 2.75) is 13.0 Å². The van der Waals surface area contributed by atoms with Crippen LogP contribution >= 0.6 is 15.9 Å². The number of benzene rings is 1. The molecule has 2 rings (SSSR count). The summed E-state index contributed by atoms with van der Waals surface area (Å²) in [6, 6.07) is 5.77. The normalized spacial score (nSPS) is 16.6. The Labute approximate surface area is 109 Å². The predicted octanol–water partition coefficient (Wildman–Crippen LogP) is 1.27. The van der Waals surface area contributed by atoms with Crippen molar-refractivity contribution in [1.82, 2.24) is 5.32 Å². The molecule has 0 saturated carbocycles. The van der Waals surface area contributed by atoms with E-state index in [4.69, 9.17) is 5.11 Å². The van der Waals surface area contributed by atoms with E-state index in [0.717, 1.165) is 35.2 Å². The van der Waals surface area contributed by atoms with Crippen molar-refractivity contribution in [3.63, 3.8) is 0 Å². The van der Waals surface area contributed by atoms with Gasteiger partial charge in [-0.15, -0.1) is 0 Å². The van der Waals surface area contributed by atoms with E-state index in [9.17, 15) is 4.79 Å². The second-order valence-electron chi connectivity index (χ2n) is 4.06. The van der Waals surface area contributed by atoms with Crippen molar-refractivity contribution in [2.24, 2.45) is 0 Å². The Kier molecular flexibility index (Phi) is 4.02. The van der Waals surface area contributed by atoms with Crippen molar-refractivity contribution >= 4 is 27.5 Å². The van der Waals surface area contributed by atoms with Crippen molar-refractivity contribution in [3.8, 4) is 0 Å². The van der Waals surface area contributed by atoms with Crippen LogP contribution in [0.4, 0.5) is 5.69 Å². The van der Waals surface area contributed by atoms with E-state index >= 15 is 0 Å². The Balaban J connectivity index is 2.20. The number of nitrogens with one attached hydrogen (secondary N) is 1. The molecule has 4 nitrogen and oxygen atoms in total. The number of hydrogen-bond acceptors (Lipinski definition) is 3. The van der Waals surface area contributed by atoms with Crippen LogP contribution < -0.4 is 10.2 Å². The summed E-state index contributed by atoms with van der Waals surface area (Å²) in [6.07, 6.45) is 0.950. The van der Waals surface area contributed by atoms with Crippen LogP contribution in [0, 0.1) is 0 Å². The molecule has 0 bridgehead atoms. The largest absolute Gasteiger partial charge is 0.392 e. The number of aliphatic hydroxyl groups excluding tert-OH is 1. The highest BCUT2D eigenvalue weighted by Crippen LogP contribution is 2.24. The van der Waals surface area contributed by atoms with Gasteiger partial charge in [-0.1, -0.05) is 22.0 Å². The molecule has 0 aromatic heterocycles. The van der Waals surface area contributed by atoms with Crippen LogP contribution in [0.5, 0.6) is 0 Å². The molecule has 0 atom stereocenters. The van der Waals surface area contributed by atoms with Gasteiger partial charge in [-0.25, -0.2) is 0 Å². The molecule has 2 N–H and O–H groups in total. The fraction of sp³-hybridized carbons (Fsp3) is 0.417. The molecular formula is C12H15BrN2O2. The molecule has 1 fully saturated rings. The van der Waals surface area contributed by atoms with Gasteiger partial charge in [0.05, 0.1) is 13.2 Å². The first kappa shape index (κ1) is 12.4. The Morgan fingerprint density at radius 2 is 2.29 bits per heavy atom. The third-order valence-corrected chi connectivity index (χ3v) is 3.57. The number of hydrogen-bond donors (Lipinski definition) is 2. The van der Waals surface area contributed by atoms with Gasteiger partial charge in [0.2, 0.25) is 5.91 Å². The minimum Gasteiger partial charge on any atom is -0.392 e. The smallest absolute Gasteiger partial charge is 0.239 e. The summed E-state index contributed by atoms with van der Waals surface area (Å²) in [7, 11) is 0. The average Bonchev–Trinajstić information content (AvgIpc) is 2.54. The number of aliphatic hydroxyl groups is 1. The van der Waals surface area contributed by atoms with E-state index in [1.807, 2.05) is 23.1 Å². The average molecular weight is 299 g/mol. The van der Waals surface area contributed by atoms with Crippen LogP contribution in [0.3, 0.4) is 0 Å². The Morgan fingerprint density at radius 3 is 3.00 bits per heavy atom. The summed E-state index contributed by atoms with van der Waals surface area (Å²) in [5, 5.41) is 11.9. The first-order chi connectivity index (χ1) is 8.20. The summed E-state index contributed by atoms with van der Waals surface area (Å²) in [5.41, 5.74) is 1.86. The molecule has 17 heavy (non-hydrogen) atoms. The molecule has 92 valence electrons. The molecule has 1 amide bonds. The zero-order valence-corrected chi connectivity index (χ0v) is 11.0.